The molecule has 4 N–H and O–H groups in total. The molecule has 0 unspecified atom stereocenters. The molecular formula is C35H36N10O6. The van der Waals surface area contributed by atoms with Crippen LogP contribution in [0.5, 0.6) is 0 Å². The number of benzene rings is 2. The van der Waals surface area contributed by atoms with Gasteiger partial charge in [0.15, 0.2) is 5.89 Å². The van der Waals surface area contributed by atoms with Crippen LogP contribution in [0.4, 0.5) is 11.9 Å². The van der Waals surface area contributed by atoms with Gasteiger partial charge in [0, 0.05) is 32.1 Å². The quantitative estimate of drug-likeness (QED) is 0.122. The van der Waals surface area contributed by atoms with Crippen molar-refractivity contribution in [3.63, 3.8) is 0 Å². The van der Waals surface area contributed by atoms with Crippen LogP contribution in [-0.4, -0.2) is 64.7 Å². The maximum atomic E-state index is 13.4. The molecule has 0 radical (unpaired) electrons. The van der Waals surface area contributed by atoms with E-state index in [2.05, 4.69) is 30.7 Å². The monoisotopic (exact) mass is 692 g/mol. The highest BCUT2D eigenvalue weighted by Crippen LogP contribution is 2.25. The second-order valence-electron chi connectivity index (χ2n) is 11.6. The predicted molar refractivity (Wildman–Crippen MR) is 188 cm³/mol. The smallest absolute Gasteiger partial charge is 0.337 e. The number of anilines is 2. The molecule has 0 fully saturated rings. The number of primary amides is 1. The number of nitrogens with zero attached hydrogens (tertiary/aromatic N) is 7. The van der Waals surface area contributed by atoms with Crippen molar-refractivity contribution in [2.45, 2.75) is 53.8 Å². The molecule has 0 saturated heterocycles. The highest BCUT2D eigenvalue weighted by Gasteiger charge is 2.22. The summed E-state index contributed by atoms with van der Waals surface area (Å²) in [7, 11) is 1.30. The summed E-state index contributed by atoms with van der Waals surface area (Å²) in [4.78, 5) is 64.4. The van der Waals surface area contributed by atoms with Crippen LogP contribution in [0.1, 0.15) is 72.9 Å². The number of aryl methyl sites for hydroxylation is 4. The summed E-state index contributed by atoms with van der Waals surface area (Å²) in [5.74, 6) is -1.08. The molecule has 4 aromatic heterocycles. The molecular weight excluding hydrogens is 656 g/mol. The molecule has 2 aromatic carbocycles. The van der Waals surface area contributed by atoms with Crippen LogP contribution in [0.3, 0.4) is 0 Å². The first-order valence-electron chi connectivity index (χ1n) is 16.2. The lowest BCUT2D eigenvalue weighted by Crippen LogP contribution is -2.19. The fourth-order valence-electron chi connectivity index (χ4n) is 5.76. The van der Waals surface area contributed by atoms with Crippen molar-refractivity contribution < 1.29 is 28.3 Å². The predicted octanol–water partition coefficient (Wildman–Crippen LogP) is 4.42. The maximum Gasteiger partial charge on any atom is 0.337 e. The first-order chi connectivity index (χ1) is 24.5. The zero-order valence-corrected chi connectivity index (χ0v) is 28.7. The molecule has 0 aliphatic rings. The first-order valence-corrected chi connectivity index (χ1v) is 16.2. The highest BCUT2D eigenvalue weighted by molar-refractivity contribution is 6.04. The molecule has 4 heterocycles. The first kappa shape index (κ1) is 34.3. The molecule has 6 rings (SSSR count). The van der Waals surface area contributed by atoms with Gasteiger partial charge in [-0.05, 0) is 62.7 Å². The summed E-state index contributed by atoms with van der Waals surface area (Å²) in [6.45, 7) is 8.28. The Labute approximate surface area is 291 Å². The van der Waals surface area contributed by atoms with E-state index in [4.69, 9.17) is 14.9 Å². The largest absolute Gasteiger partial charge is 0.465 e. The Kier molecular flexibility index (Phi) is 9.48. The van der Waals surface area contributed by atoms with Gasteiger partial charge in [0.1, 0.15) is 5.69 Å². The van der Waals surface area contributed by atoms with E-state index in [1.807, 2.05) is 32.9 Å². The molecule has 0 aliphatic carbocycles. The van der Waals surface area contributed by atoms with E-state index in [0.717, 1.165) is 0 Å². The average molecular weight is 693 g/mol. The van der Waals surface area contributed by atoms with Crippen LogP contribution in [0, 0.1) is 13.8 Å². The van der Waals surface area contributed by atoms with E-state index < -0.39 is 17.8 Å². The Bertz CT molecular complexity index is 2360. The van der Waals surface area contributed by atoms with Gasteiger partial charge in [-0.25, -0.2) is 19.7 Å². The SMILES string of the molecule is CCc1nc(C)oc1C(=O)Nc1nc2cc(C(N)=O)ccc2n1C/C=C/Cn1c(NC(=O)c2cc(C)nn2CC)nc2cc(C(=O)OC)ccc21. The average Bonchev–Trinajstić information content (AvgIpc) is 3.87. The Balaban J connectivity index is 1.32. The normalized spacial score (nSPS) is 11.5. The molecule has 0 spiro atoms. The van der Waals surface area contributed by atoms with Gasteiger partial charge in [0.2, 0.25) is 23.6 Å². The van der Waals surface area contributed by atoms with E-state index in [0.29, 0.717) is 63.6 Å². The Morgan fingerprint density at radius 3 is 2.00 bits per heavy atom. The molecule has 16 heteroatoms. The van der Waals surface area contributed by atoms with E-state index in [1.54, 1.807) is 63.2 Å². The molecule has 0 bridgehead atoms. The lowest BCUT2D eigenvalue weighted by molar-refractivity contribution is 0.0600. The number of allylic oxidation sites excluding steroid dienone is 2. The van der Waals surface area contributed by atoms with Crippen LogP contribution in [-0.2, 0) is 30.8 Å². The van der Waals surface area contributed by atoms with Gasteiger partial charge in [-0.15, -0.1) is 0 Å². The van der Waals surface area contributed by atoms with Gasteiger partial charge in [0.05, 0.1) is 46.1 Å². The van der Waals surface area contributed by atoms with Gasteiger partial charge in [0.25, 0.3) is 11.8 Å². The number of nitrogens with one attached hydrogen (secondary N) is 2. The number of hydrogen-bond donors (Lipinski definition) is 3. The number of imidazole rings is 2. The van der Waals surface area contributed by atoms with Crippen molar-refractivity contribution in [2.24, 2.45) is 5.73 Å². The lowest BCUT2D eigenvalue weighted by atomic mass is 10.2. The van der Waals surface area contributed by atoms with Gasteiger partial charge in [-0.3, -0.25) is 29.7 Å². The number of ether oxygens (including phenoxy) is 1. The number of hydrogen-bond acceptors (Lipinski definition) is 10. The third-order valence-electron chi connectivity index (χ3n) is 8.18. The minimum atomic E-state index is -0.606. The molecule has 0 aliphatic heterocycles. The summed E-state index contributed by atoms with van der Waals surface area (Å²) >= 11 is 0. The standard InChI is InChI=1S/C35H36N10O6/c1-6-23-29(51-20(4)37-23)32(48)41-35-38-24-17-21(30(36)46)10-12-26(24)44(35)15-9-8-14-43-27-13-11-22(33(49)50-5)18-25(27)39-34(43)40-31(47)28-16-19(3)42-45(28)7-2/h8-13,16-18H,6-7,14-15H2,1-5H3,(H2,36,46)(H,38,41,48)(H,39,40,47)/b9-8+. The highest BCUT2D eigenvalue weighted by atomic mass is 16.5. The van der Waals surface area contributed by atoms with Gasteiger partial charge in [-0.1, -0.05) is 19.1 Å². The summed E-state index contributed by atoms with van der Waals surface area (Å²) in [6, 6.07) is 11.5. The molecule has 51 heavy (non-hydrogen) atoms. The number of carbonyl (C=O) groups is 4. The summed E-state index contributed by atoms with van der Waals surface area (Å²) in [6.07, 6.45) is 4.23. The Morgan fingerprint density at radius 2 is 1.43 bits per heavy atom. The second-order valence-corrected chi connectivity index (χ2v) is 11.6. The third kappa shape index (κ3) is 6.83. The number of rotatable bonds is 12. The van der Waals surface area contributed by atoms with Crippen molar-refractivity contribution in [3.05, 3.63) is 94.5 Å². The topological polar surface area (TPSA) is 207 Å². The number of carbonyl (C=O) groups excluding carboxylic acids is 4. The second kappa shape index (κ2) is 14.1. The molecule has 0 saturated carbocycles. The van der Waals surface area contributed by atoms with E-state index in [1.165, 1.54) is 7.11 Å². The number of methoxy groups -OCH3 is 1. The summed E-state index contributed by atoms with van der Waals surface area (Å²) in [5.41, 5.74) is 9.94. The number of fused-ring (bicyclic) bond motifs is 2. The van der Waals surface area contributed by atoms with Crippen molar-refractivity contribution in [2.75, 3.05) is 17.7 Å². The van der Waals surface area contributed by atoms with Crippen LogP contribution < -0.4 is 16.4 Å². The van der Waals surface area contributed by atoms with Gasteiger partial charge in [-0.2, -0.15) is 5.10 Å². The Morgan fingerprint density at radius 1 is 0.843 bits per heavy atom. The van der Waals surface area contributed by atoms with Crippen LogP contribution >= 0.6 is 0 Å². The van der Waals surface area contributed by atoms with Crippen molar-refractivity contribution >= 4 is 57.7 Å². The number of aromatic nitrogens is 7. The summed E-state index contributed by atoms with van der Waals surface area (Å²) in [5, 5.41) is 10.1. The fraction of sp³-hybridized carbons (Fsp3) is 0.257. The molecule has 6 aromatic rings. The van der Waals surface area contributed by atoms with Gasteiger partial charge < -0.3 is 24.0 Å². The molecule has 0 atom stereocenters. The van der Waals surface area contributed by atoms with E-state index in [9.17, 15) is 19.2 Å². The van der Waals surface area contributed by atoms with Gasteiger partial charge >= 0.3 is 5.97 Å². The molecule has 16 nitrogen and oxygen atoms in total. The Hall–Kier alpha value is -6.58. The number of amides is 3. The van der Waals surface area contributed by atoms with E-state index in [-0.39, 0.29) is 42.2 Å². The number of esters is 1. The fourth-order valence-corrected chi connectivity index (χ4v) is 5.76. The van der Waals surface area contributed by atoms with Crippen LogP contribution in [0.15, 0.2) is 59.0 Å². The van der Waals surface area contributed by atoms with Crippen molar-refractivity contribution in [1.82, 2.24) is 33.9 Å². The lowest BCUT2D eigenvalue weighted by Gasteiger charge is -2.10. The zero-order valence-electron chi connectivity index (χ0n) is 28.7. The third-order valence-corrected chi connectivity index (χ3v) is 8.18. The summed E-state index contributed by atoms with van der Waals surface area (Å²) < 4.78 is 15.6. The minimum Gasteiger partial charge on any atom is -0.465 e. The number of oxazole rings is 1. The van der Waals surface area contributed by atoms with Crippen LogP contribution in [0.25, 0.3) is 22.1 Å². The molecule has 3 amide bonds. The zero-order chi connectivity index (χ0) is 36.4. The maximum absolute atomic E-state index is 13.4. The molecule has 262 valence electrons. The van der Waals surface area contributed by atoms with Crippen molar-refractivity contribution in [3.8, 4) is 0 Å². The van der Waals surface area contributed by atoms with E-state index >= 15 is 0 Å². The van der Waals surface area contributed by atoms with Crippen molar-refractivity contribution in [1.29, 1.82) is 0 Å². The number of nitrogens with two attached hydrogens (primary N) is 1. The van der Waals surface area contributed by atoms with Crippen LogP contribution in [0.2, 0.25) is 0 Å². The minimum absolute atomic E-state index is 0.0936.